The van der Waals surface area contributed by atoms with E-state index in [4.69, 9.17) is 5.26 Å². The van der Waals surface area contributed by atoms with E-state index in [-0.39, 0.29) is 0 Å². The van der Waals surface area contributed by atoms with E-state index in [9.17, 15) is 0 Å². The van der Waals surface area contributed by atoms with Gasteiger partial charge in [-0.25, -0.2) is 0 Å². The Kier molecular flexibility index (Phi) is 2.64. The van der Waals surface area contributed by atoms with E-state index in [1.165, 1.54) is 6.42 Å². The van der Waals surface area contributed by atoms with Crippen molar-refractivity contribution in [3.05, 3.63) is 0 Å². The van der Waals surface area contributed by atoms with Gasteiger partial charge in [-0.2, -0.15) is 5.26 Å². The normalized spacial score (nSPS) is 30.8. The van der Waals surface area contributed by atoms with Gasteiger partial charge in [-0.1, -0.05) is 13.8 Å². The van der Waals surface area contributed by atoms with Crippen LogP contribution in [0.15, 0.2) is 4.99 Å². The number of rotatable bonds is 1. The summed E-state index contributed by atoms with van der Waals surface area (Å²) in [6.07, 6.45) is 1.72. The lowest BCUT2D eigenvalue weighted by Crippen LogP contribution is -2.21. The number of hydrogen-bond acceptors (Lipinski definition) is 2. The molecule has 2 unspecified atom stereocenters. The van der Waals surface area contributed by atoms with E-state index in [1.807, 2.05) is 0 Å². The highest BCUT2D eigenvalue weighted by Gasteiger charge is 2.18. The van der Waals surface area contributed by atoms with Crippen LogP contribution in [0, 0.1) is 23.2 Å². The van der Waals surface area contributed by atoms with Crippen LogP contribution in [-0.2, 0) is 0 Å². The van der Waals surface area contributed by atoms with Crippen molar-refractivity contribution >= 4 is 5.71 Å². The van der Waals surface area contributed by atoms with Crippen LogP contribution in [0.3, 0.4) is 0 Å². The molecule has 1 aliphatic rings. The van der Waals surface area contributed by atoms with Crippen molar-refractivity contribution < 1.29 is 0 Å². The lowest BCUT2D eigenvalue weighted by Gasteiger charge is -2.22. The van der Waals surface area contributed by atoms with Gasteiger partial charge in [-0.15, -0.1) is 0 Å². The van der Waals surface area contributed by atoms with Crippen molar-refractivity contribution in [2.24, 2.45) is 16.8 Å². The highest BCUT2D eigenvalue weighted by molar-refractivity contribution is 5.88. The van der Waals surface area contributed by atoms with E-state index in [1.54, 1.807) is 0 Å². The summed E-state index contributed by atoms with van der Waals surface area (Å²) in [7, 11) is 0. The first-order valence-electron chi connectivity index (χ1n) is 4.14. The summed E-state index contributed by atoms with van der Waals surface area (Å²) < 4.78 is 0. The first-order valence-corrected chi connectivity index (χ1v) is 4.14. The average Bonchev–Trinajstić information content (AvgIpc) is 1.95. The van der Waals surface area contributed by atoms with Gasteiger partial charge in [0, 0.05) is 12.3 Å². The molecule has 0 radical (unpaired) electrons. The zero-order valence-electron chi connectivity index (χ0n) is 7.17. The number of nitriles is 1. The number of hydrogen-bond donors (Lipinski definition) is 0. The molecule has 0 bridgehead atoms. The quantitative estimate of drug-likeness (QED) is 0.563. The van der Waals surface area contributed by atoms with Gasteiger partial charge >= 0.3 is 0 Å². The summed E-state index contributed by atoms with van der Waals surface area (Å²) in [5.41, 5.74) is 1.10. The zero-order chi connectivity index (χ0) is 8.27. The van der Waals surface area contributed by atoms with Crippen LogP contribution in [0.5, 0.6) is 0 Å². The molecule has 0 saturated carbocycles. The molecule has 0 aliphatic carbocycles. The Morgan fingerprint density at radius 2 is 2.36 bits per heavy atom. The molecule has 0 spiro atoms. The van der Waals surface area contributed by atoms with Crippen molar-refractivity contribution in [1.29, 1.82) is 5.26 Å². The molecular weight excluding hydrogens is 136 g/mol. The summed E-state index contributed by atoms with van der Waals surface area (Å²) >= 11 is 0. The topological polar surface area (TPSA) is 36.1 Å². The van der Waals surface area contributed by atoms with E-state index < -0.39 is 0 Å². The van der Waals surface area contributed by atoms with Crippen LogP contribution in [0.1, 0.15) is 26.7 Å². The lowest BCUT2D eigenvalue weighted by molar-refractivity contribution is 0.464. The molecule has 1 rings (SSSR count). The highest BCUT2D eigenvalue weighted by Crippen LogP contribution is 2.20. The van der Waals surface area contributed by atoms with Gasteiger partial charge < -0.3 is 0 Å². The predicted octanol–water partition coefficient (Wildman–Crippen LogP) is 2.02. The molecule has 1 heterocycles. The fraction of sp³-hybridized carbons (Fsp3) is 0.778. The molecule has 0 amide bonds. The maximum atomic E-state index is 8.47. The Hall–Kier alpha value is -0.840. The molecule has 0 N–H and O–H groups in total. The molecule has 2 atom stereocenters. The summed E-state index contributed by atoms with van der Waals surface area (Å²) in [4.78, 5) is 4.38. The largest absolute Gasteiger partial charge is 0.292 e. The second-order valence-electron chi connectivity index (χ2n) is 3.41. The standard InChI is InChI=1S/C9H14N2/c1-7-5-8(2)9(3-4-10)11-6-7/h7-8H,3,5-6H2,1-2H3. The van der Waals surface area contributed by atoms with Crippen LogP contribution in [-0.4, -0.2) is 12.3 Å². The fourth-order valence-corrected chi connectivity index (χ4v) is 1.55. The second kappa shape index (κ2) is 3.52. The van der Waals surface area contributed by atoms with Gasteiger partial charge in [0.05, 0.1) is 12.5 Å². The monoisotopic (exact) mass is 150 g/mol. The minimum atomic E-state index is 0.522. The first kappa shape index (κ1) is 8.26. The van der Waals surface area contributed by atoms with E-state index in [0.29, 0.717) is 18.3 Å². The highest BCUT2D eigenvalue weighted by atomic mass is 14.8. The maximum Gasteiger partial charge on any atom is 0.0733 e. The van der Waals surface area contributed by atoms with Crippen LogP contribution in [0.2, 0.25) is 0 Å². The third-order valence-corrected chi connectivity index (χ3v) is 2.19. The van der Waals surface area contributed by atoms with Gasteiger partial charge in [0.2, 0.25) is 0 Å². The van der Waals surface area contributed by atoms with Gasteiger partial charge in [0.1, 0.15) is 0 Å². The van der Waals surface area contributed by atoms with Crippen LogP contribution in [0.25, 0.3) is 0 Å². The molecule has 0 aromatic rings. The minimum Gasteiger partial charge on any atom is -0.292 e. The third-order valence-electron chi connectivity index (χ3n) is 2.19. The first-order chi connectivity index (χ1) is 5.24. The van der Waals surface area contributed by atoms with Crippen LogP contribution < -0.4 is 0 Å². The molecule has 0 fully saturated rings. The smallest absolute Gasteiger partial charge is 0.0733 e. The summed E-state index contributed by atoms with van der Waals surface area (Å²) in [5, 5.41) is 8.47. The molecule has 60 valence electrons. The SMILES string of the molecule is CC1CN=C(CC#N)C(C)C1. The molecule has 0 saturated heterocycles. The van der Waals surface area contributed by atoms with Crippen molar-refractivity contribution in [1.82, 2.24) is 0 Å². The van der Waals surface area contributed by atoms with Gasteiger partial charge in [0.25, 0.3) is 0 Å². The Labute approximate surface area is 67.9 Å². The Balaban J connectivity index is 2.59. The Morgan fingerprint density at radius 1 is 1.64 bits per heavy atom. The van der Waals surface area contributed by atoms with Crippen molar-refractivity contribution in [3.63, 3.8) is 0 Å². The van der Waals surface area contributed by atoms with Crippen molar-refractivity contribution in [2.45, 2.75) is 26.7 Å². The second-order valence-corrected chi connectivity index (χ2v) is 3.41. The van der Waals surface area contributed by atoms with E-state index >= 15 is 0 Å². The molecule has 2 heteroatoms. The molecule has 1 aliphatic heterocycles. The molecule has 2 nitrogen and oxygen atoms in total. The van der Waals surface area contributed by atoms with Crippen molar-refractivity contribution in [2.75, 3.05) is 6.54 Å². The van der Waals surface area contributed by atoms with Gasteiger partial charge in [-0.3, -0.25) is 4.99 Å². The van der Waals surface area contributed by atoms with E-state index in [2.05, 4.69) is 24.9 Å². The third kappa shape index (κ3) is 2.04. The summed E-state index contributed by atoms with van der Waals surface area (Å²) in [5.74, 6) is 1.23. The van der Waals surface area contributed by atoms with Gasteiger partial charge in [-0.05, 0) is 18.3 Å². The molecule has 11 heavy (non-hydrogen) atoms. The van der Waals surface area contributed by atoms with E-state index in [0.717, 1.165) is 12.3 Å². The molecule has 0 aromatic carbocycles. The zero-order valence-corrected chi connectivity index (χ0v) is 7.17. The number of nitrogens with zero attached hydrogens (tertiary/aromatic N) is 2. The predicted molar refractivity (Wildman–Crippen MR) is 45.5 cm³/mol. The average molecular weight is 150 g/mol. The lowest BCUT2D eigenvalue weighted by atomic mass is 9.89. The fourth-order valence-electron chi connectivity index (χ4n) is 1.55. The van der Waals surface area contributed by atoms with Crippen LogP contribution >= 0.6 is 0 Å². The summed E-state index contributed by atoms with van der Waals surface area (Å²) in [6, 6.07) is 2.15. The minimum absolute atomic E-state index is 0.522. The van der Waals surface area contributed by atoms with Crippen LogP contribution in [0.4, 0.5) is 0 Å². The van der Waals surface area contributed by atoms with Gasteiger partial charge in [0.15, 0.2) is 0 Å². The summed E-state index contributed by atoms with van der Waals surface area (Å²) in [6.45, 7) is 5.29. The maximum absolute atomic E-state index is 8.47. The Bertz CT molecular complexity index is 200. The molecule has 0 aromatic heterocycles. The Morgan fingerprint density at radius 3 is 2.91 bits per heavy atom. The molecular formula is C9H14N2. The van der Waals surface area contributed by atoms with Crippen molar-refractivity contribution in [3.8, 4) is 6.07 Å². The number of aliphatic imine (C=N–C) groups is 1.